The summed E-state index contributed by atoms with van der Waals surface area (Å²) in [6.45, 7) is 3.61. The number of hydrogen-bond acceptors (Lipinski definition) is 3. The van der Waals surface area contributed by atoms with E-state index in [1.54, 1.807) is 37.3 Å². The number of anilines is 1. The quantitative estimate of drug-likeness (QED) is 0.399. The first kappa shape index (κ1) is 24.1. The van der Waals surface area contributed by atoms with Gasteiger partial charge in [-0.3, -0.25) is 4.79 Å². The Bertz CT molecular complexity index is 1290. The first-order valence-corrected chi connectivity index (χ1v) is 11.0. The zero-order chi connectivity index (χ0) is 24.7. The molecule has 3 aromatic rings. The molecular weight excluding hydrogens is 488 g/mol. The number of halogens is 5. The summed E-state index contributed by atoms with van der Waals surface area (Å²) in [5.41, 5.74) is 0.0194. The van der Waals surface area contributed by atoms with Crippen molar-refractivity contribution in [3.63, 3.8) is 0 Å². The molecule has 0 aliphatic carbocycles. The molecular formula is C25H19Cl2F3N2O2. The highest BCUT2D eigenvalue weighted by atomic mass is 35.5. The van der Waals surface area contributed by atoms with Gasteiger partial charge < -0.3 is 10.2 Å². The molecule has 0 fully saturated rings. The number of amides is 1. The number of aryl methyl sites for hydroxylation is 2. The maximum atomic E-state index is 14.3. The molecule has 0 spiro atoms. The second kappa shape index (κ2) is 8.96. The molecule has 1 aliphatic rings. The van der Waals surface area contributed by atoms with Crippen molar-refractivity contribution in [1.82, 2.24) is 0 Å². The van der Waals surface area contributed by atoms with Crippen molar-refractivity contribution in [2.24, 2.45) is 5.16 Å². The van der Waals surface area contributed by atoms with Gasteiger partial charge in [0.2, 0.25) is 0 Å². The molecule has 0 saturated heterocycles. The van der Waals surface area contributed by atoms with E-state index in [1.165, 1.54) is 18.2 Å². The second-order valence-corrected chi connectivity index (χ2v) is 8.96. The largest absolute Gasteiger partial charge is 0.435 e. The van der Waals surface area contributed by atoms with E-state index in [0.29, 0.717) is 16.8 Å². The van der Waals surface area contributed by atoms with Crippen LogP contribution >= 0.6 is 23.2 Å². The van der Waals surface area contributed by atoms with Crippen molar-refractivity contribution in [1.29, 1.82) is 0 Å². The fraction of sp³-hybridized carbons (Fsp3) is 0.200. The average molecular weight is 507 g/mol. The minimum absolute atomic E-state index is 0.0553. The number of carbonyl (C=O) groups is 1. The molecule has 9 heteroatoms. The van der Waals surface area contributed by atoms with Crippen LogP contribution in [0.15, 0.2) is 65.8 Å². The van der Waals surface area contributed by atoms with Crippen LogP contribution in [0.25, 0.3) is 0 Å². The Kier molecular flexibility index (Phi) is 6.36. The molecule has 34 heavy (non-hydrogen) atoms. The zero-order valence-corrected chi connectivity index (χ0v) is 19.6. The van der Waals surface area contributed by atoms with Crippen molar-refractivity contribution in [2.45, 2.75) is 32.0 Å². The minimum Gasteiger partial charge on any atom is -0.374 e. The van der Waals surface area contributed by atoms with Gasteiger partial charge in [0.1, 0.15) is 0 Å². The predicted octanol–water partition coefficient (Wildman–Crippen LogP) is 7.44. The van der Waals surface area contributed by atoms with Gasteiger partial charge in [0.25, 0.3) is 11.5 Å². The van der Waals surface area contributed by atoms with E-state index >= 15 is 0 Å². The Balaban J connectivity index is 1.66. The van der Waals surface area contributed by atoms with E-state index in [4.69, 9.17) is 28.0 Å². The summed E-state index contributed by atoms with van der Waals surface area (Å²) in [7, 11) is 0. The maximum Gasteiger partial charge on any atom is 0.435 e. The van der Waals surface area contributed by atoms with Crippen molar-refractivity contribution in [3.8, 4) is 0 Å². The van der Waals surface area contributed by atoms with Gasteiger partial charge in [-0.15, -0.1) is 0 Å². The third-order valence-corrected chi connectivity index (χ3v) is 6.16. The lowest BCUT2D eigenvalue weighted by atomic mass is 9.86. The van der Waals surface area contributed by atoms with Gasteiger partial charge in [-0.05, 0) is 55.3 Å². The van der Waals surface area contributed by atoms with Crippen LogP contribution in [0.1, 0.15) is 39.0 Å². The van der Waals surface area contributed by atoms with Crippen LogP contribution in [0.4, 0.5) is 18.9 Å². The summed E-state index contributed by atoms with van der Waals surface area (Å²) in [4.78, 5) is 17.8. The molecule has 0 bridgehead atoms. The number of rotatable bonds is 4. The van der Waals surface area contributed by atoms with Crippen molar-refractivity contribution in [3.05, 3.63) is 98.5 Å². The Morgan fingerprint density at radius 2 is 1.68 bits per heavy atom. The Labute approximate surface area is 204 Å². The molecule has 1 N–H and O–H groups in total. The smallest absolute Gasteiger partial charge is 0.374 e. The molecule has 1 atom stereocenters. The number of benzene rings is 3. The number of carbonyl (C=O) groups excluding carboxylic acids is 1. The summed E-state index contributed by atoms with van der Waals surface area (Å²) in [6.07, 6.45) is -5.37. The highest BCUT2D eigenvalue weighted by Gasteiger charge is 2.62. The molecule has 0 aromatic heterocycles. The maximum absolute atomic E-state index is 14.3. The molecule has 1 unspecified atom stereocenters. The van der Waals surface area contributed by atoms with E-state index in [-0.39, 0.29) is 27.2 Å². The van der Waals surface area contributed by atoms with Crippen LogP contribution < -0.4 is 5.32 Å². The van der Waals surface area contributed by atoms with Gasteiger partial charge in [0.15, 0.2) is 0 Å². The first-order valence-electron chi connectivity index (χ1n) is 10.3. The fourth-order valence-corrected chi connectivity index (χ4v) is 4.33. The van der Waals surface area contributed by atoms with E-state index in [1.807, 2.05) is 19.1 Å². The Hall–Kier alpha value is -3.03. The summed E-state index contributed by atoms with van der Waals surface area (Å²) in [5, 5.41) is 6.73. The molecule has 0 radical (unpaired) electrons. The molecule has 3 aromatic carbocycles. The van der Waals surface area contributed by atoms with Gasteiger partial charge in [0, 0.05) is 38.8 Å². The lowest BCUT2D eigenvalue weighted by Crippen LogP contribution is -2.42. The third-order valence-electron chi connectivity index (χ3n) is 5.72. The number of nitrogens with one attached hydrogen (secondary N) is 1. The average Bonchev–Trinajstić information content (AvgIpc) is 3.22. The Morgan fingerprint density at radius 3 is 2.32 bits per heavy atom. The summed E-state index contributed by atoms with van der Waals surface area (Å²) in [6, 6.07) is 15.7. The van der Waals surface area contributed by atoms with Gasteiger partial charge in [-0.25, -0.2) is 0 Å². The summed E-state index contributed by atoms with van der Waals surface area (Å²) >= 11 is 11.9. The van der Waals surface area contributed by atoms with E-state index in [0.717, 1.165) is 11.1 Å². The third kappa shape index (κ3) is 4.50. The molecule has 1 amide bonds. The number of nitrogens with zero attached hydrogens (tertiary/aromatic N) is 1. The van der Waals surface area contributed by atoms with Crippen LogP contribution in [0.2, 0.25) is 10.0 Å². The van der Waals surface area contributed by atoms with E-state index in [2.05, 4.69) is 10.5 Å². The number of oxime groups is 1. The van der Waals surface area contributed by atoms with Crippen molar-refractivity contribution < 1.29 is 22.8 Å². The van der Waals surface area contributed by atoms with Gasteiger partial charge >= 0.3 is 6.18 Å². The molecule has 4 nitrogen and oxygen atoms in total. The van der Waals surface area contributed by atoms with Crippen LogP contribution in [0.3, 0.4) is 0 Å². The topological polar surface area (TPSA) is 50.7 Å². The normalized spacial score (nSPS) is 17.8. The lowest BCUT2D eigenvalue weighted by molar-refractivity contribution is -0.275. The first-order chi connectivity index (χ1) is 16.0. The van der Waals surface area contributed by atoms with Gasteiger partial charge in [0.05, 0.1) is 5.71 Å². The minimum atomic E-state index is -4.79. The number of alkyl halides is 3. The van der Waals surface area contributed by atoms with Gasteiger partial charge in [-0.2, -0.15) is 13.2 Å². The van der Waals surface area contributed by atoms with Crippen LogP contribution in [0, 0.1) is 13.8 Å². The van der Waals surface area contributed by atoms with E-state index < -0.39 is 18.2 Å². The molecule has 1 aliphatic heterocycles. The monoisotopic (exact) mass is 506 g/mol. The lowest BCUT2D eigenvalue weighted by Gasteiger charge is -2.29. The molecule has 0 saturated carbocycles. The van der Waals surface area contributed by atoms with Crippen LogP contribution in [0.5, 0.6) is 0 Å². The van der Waals surface area contributed by atoms with Crippen molar-refractivity contribution >= 4 is 40.5 Å². The van der Waals surface area contributed by atoms with Crippen molar-refractivity contribution in [2.75, 3.05) is 5.32 Å². The Morgan fingerprint density at radius 1 is 1.00 bits per heavy atom. The highest BCUT2D eigenvalue weighted by molar-refractivity contribution is 6.34. The summed E-state index contributed by atoms with van der Waals surface area (Å²) in [5.74, 6) is -0.318. The van der Waals surface area contributed by atoms with Crippen LogP contribution in [-0.4, -0.2) is 17.8 Å². The van der Waals surface area contributed by atoms with Crippen LogP contribution in [-0.2, 0) is 10.4 Å². The highest BCUT2D eigenvalue weighted by Crippen LogP contribution is 2.49. The molecule has 4 rings (SSSR count). The molecule has 1 heterocycles. The standard InChI is InChI=1S/C25H19Cl2F3N2O2/c1-14-5-3-4-6-20(14)23(33)31-21-9-16(8-7-15(21)2)22-13-24(34-32-22,25(28,29)30)17-10-18(26)12-19(27)11-17/h3-12H,13H2,1-2H3,(H,31,33). The number of hydrogen-bond donors (Lipinski definition) is 1. The summed E-state index contributed by atoms with van der Waals surface area (Å²) < 4.78 is 42.8. The second-order valence-electron chi connectivity index (χ2n) is 8.09. The van der Waals surface area contributed by atoms with E-state index in [9.17, 15) is 18.0 Å². The van der Waals surface area contributed by atoms with Gasteiger partial charge in [-0.1, -0.05) is 58.7 Å². The predicted molar refractivity (Wildman–Crippen MR) is 127 cm³/mol. The molecule has 176 valence electrons. The SMILES string of the molecule is Cc1ccc(C2=NOC(c3cc(Cl)cc(Cl)c3)(C(F)(F)F)C2)cc1NC(=O)c1ccccc1C. The fourth-order valence-electron chi connectivity index (χ4n) is 3.80. The zero-order valence-electron chi connectivity index (χ0n) is 18.1.